The van der Waals surface area contributed by atoms with Crippen molar-refractivity contribution in [2.24, 2.45) is 17.8 Å². The van der Waals surface area contributed by atoms with Gasteiger partial charge in [-0.25, -0.2) is 4.79 Å². The minimum atomic E-state index is -0.778. The second kappa shape index (κ2) is 5.83. The van der Waals surface area contributed by atoms with Crippen molar-refractivity contribution in [3.8, 4) is 0 Å². The molecule has 6 atom stereocenters. The van der Waals surface area contributed by atoms with Crippen LogP contribution in [0, 0.1) is 17.8 Å². The minimum absolute atomic E-state index is 0.0469. The molecular weight excluding hydrogens is 272 g/mol. The van der Waals surface area contributed by atoms with Crippen LogP contribution >= 0.6 is 0 Å². The van der Waals surface area contributed by atoms with Crippen molar-refractivity contribution in [1.29, 1.82) is 0 Å². The summed E-state index contributed by atoms with van der Waals surface area (Å²) in [4.78, 5) is 23.6. The molecule has 21 heavy (non-hydrogen) atoms. The van der Waals surface area contributed by atoms with Crippen molar-refractivity contribution in [3.05, 3.63) is 0 Å². The van der Waals surface area contributed by atoms with Crippen LogP contribution in [0.2, 0.25) is 0 Å². The average molecular weight is 296 g/mol. The second-order valence-electron chi connectivity index (χ2n) is 6.68. The molecule has 2 bridgehead atoms. The van der Waals surface area contributed by atoms with Gasteiger partial charge in [0.05, 0.1) is 18.1 Å². The fraction of sp³-hybridized carbons (Fsp3) is 0.867. The molecule has 1 aliphatic heterocycles. The first-order chi connectivity index (χ1) is 10.1. The van der Waals surface area contributed by atoms with Crippen molar-refractivity contribution in [2.75, 3.05) is 6.61 Å². The number of rotatable bonds is 4. The molecule has 6 unspecified atom stereocenters. The highest BCUT2D eigenvalue weighted by molar-refractivity contribution is 5.77. The monoisotopic (exact) mass is 296 g/mol. The summed E-state index contributed by atoms with van der Waals surface area (Å²) >= 11 is 0. The molecule has 3 fully saturated rings. The molecule has 3 N–H and O–H groups in total. The molecule has 0 spiro atoms. The van der Waals surface area contributed by atoms with Crippen LogP contribution < -0.4 is 10.6 Å². The van der Waals surface area contributed by atoms with Crippen LogP contribution in [-0.2, 0) is 9.53 Å². The van der Waals surface area contributed by atoms with Gasteiger partial charge in [-0.1, -0.05) is 0 Å². The summed E-state index contributed by atoms with van der Waals surface area (Å²) in [6.07, 6.45) is 5.02. The van der Waals surface area contributed by atoms with Gasteiger partial charge in [0.15, 0.2) is 0 Å². The zero-order valence-corrected chi connectivity index (χ0v) is 12.4. The first-order valence-corrected chi connectivity index (χ1v) is 7.97. The number of urea groups is 1. The number of fused-ring (bicyclic) bond motifs is 2. The van der Waals surface area contributed by atoms with Crippen molar-refractivity contribution >= 4 is 12.0 Å². The van der Waals surface area contributed by atoms with E-state index in [2.05, 4.69) is 10.6 Å². The molecule has 118 valence electrons. The van der Waals surface area contributed by atoms with Crippen molar-refractivity contribution in [1.82, 2.24) is 10.6 Å². The highest BCUT2D eigenvalue weighted by atomic mass is 16.5. The van der Waals surface area contributed by atoms with Crippen molar-refractivity contribution in [2.45, 2.75) is 57.2 Å². The van der Waals surface area contributed by atoms with Crippen molar-refractivity contribution < 1.29 is 19.4 Å². The number of hydrogen-bond acceptors (Lipinski definition) is 3. The zero-order chi connectivity index (χ0) is 15.0. The lowest BCUT2D eigenvalue weighted by molar-refractivity contribution is -0.144. The van der Waals surface area contributed by atoms with Crippen LogP contribution in [0.5, 0.6) is 0 Å². The minimum Gasteiger partial charge on any atom is -0.481 e. The maximum Gasteiger partial charge on any atom is 0.315 e. The molecule has 0 radical (unpaired) electrons. The molecule has 3 aliphatic rings. The standard InChI is InChI=1S/C15H24N2O4/c1-8(11-3-2-6-21-11)16-15(20)17-13-10-5-4-9(7-10)12(13)14(18)19/h8-13H,2-7H2,1H3,(H,18,19)(H2,16,17,20). The van der Waals surface area contributed by atoms with Gasteiger partial charge < -0.3 is 20.5 Å². The lowest BCUT2D eigenvalue weighted by Gasteiger charge is -2.30. The van der Waals surface area contributed by atoms with Crippen LogP contribution in [-0.4, -0.2) is 41.9 Å². The molecule has 1 heterocycles. The first-order valence-electron chi connectivity index (χ1n) is 7.97. The van der Waals surface area contributed by atoms with Gasteiger partial charge in [-0.05, 0) is 50.9 Å². The zero-order valence-electron chi connectivity index (χ0n) is 12.4. The van der Waals surface area contributed by atoms with E-state index in [0.29, 0.717) is 5.92 Å². The van der Waals surface area contributed by atoms with E-state index in [1.807, 2.05) is 6.92 Å². The van der Waals surface area contributed by atoms with Crippen LogP contribution in [0.25, 0.3) is 0 Å². The van der Waals surface area contributed by atoms with Gasteiger partial charge >= 0.3 is 12.0 Å². The van der Waals surface area contributed by atoms with Gasteiger partial charge in [0.1, 0.15) is 0 Å². The third-order valence-corrected chi connectivity index (χ3v) is 5.38. The SMILES string of the molecule is CC(NC(=O)NC1C2CCC(C2)C1C(=O)O)C1CCCO1. The maximum atomic E-state index is 12.1. The van der Waals surface area contributed by atoms with Crippen LogP contribution in [0.15, 0.2) is 0 Å². The third kappa shape index (κ3) is 2.86. The maximum absolute atomic E-state index is 12.1. The Balaban J connectivity index is 1.55. The highest BCUT2D eigenvalue weighted by Gasteiger charge is 2.51. The van der Waals surface area contributed by atoms with E-state index < -0.39 is 11.9 Å². The molecule has 0 aromatic rings. The molecule has 3 rings (SSSR count). The number of amides is 2. The van der Waals surface area contributed by atoms with E-state index >= 15 is 0 Å². The van der Waals surface area contributed by atoms with E-state index in [4.69, 9.17) is 4.74 Å². The average Bonchev–Trinajstić information content (AvgIpc) is 3.15. The normalized spacial score (nSPS) is 39.2. The Morgan fingerprint density at radius 3 is 2.67 bits per heavy atom. The molecule has 2 aliphatic carbocycles. The van der Waals surface area contributed by atoms with Gasteiger partial charge in [0.2, 0.25) is 0 Å². The number of nitrogens with one attached hydrogen (secondary N) is 2. The van der Waals surface area contributed by atoms with Gasteiger partial charge in [-0.15, -0.1) is 0 Å². The summed E-state index contributed by atoms with van der Waals surface area (Å²) in [7, 11) is 0. The first kappa shape index (κ1) is 14.6. The second-order valence-corrected chi connectivity index (χ2v) is 6.68. The lowest BCUT2D eigenvalue weighted by Crippen LogP contribution is -2.53. The van der Waals surface area contributed by atoms with E-state index in [9.17, 15) is 14.7 Å². The van der Waals surface area contributed by atoms with Crippen molar-refractivity contribution in [3.63, 3.8) is 0 Å². The van der Waals surface area contributed by atoms with Gasteiger partial charge in [-0.2, -0.15) is 0 Å². The third-order valence-electron chi connectivity index (χ3n) is 5.38. The molecule has 0 aromatic heterocycles. The highest BCUT2D eigenvalue weighted by Crippen LogP contribution is 2.48. The molecule has 2 saturated carbocycles. The predicted octanol–water partition coefficient (Wildman–Crippen LogP) is 1.35. The Morgan fingerprint density at radius 2 is 2.00 bits per heavy atom. The van der Waals surface area contributed by atoms with Gasteiger partial charge in [-0.3, -0.25) is 4.79 Å². The number of carbonyl (C=O) groups is 2. The fourth-order valence-corrected chi connectivity index (χ4v) is 4.34. The fourth-order valence-electron chi connectivity index (χ4n) is 4.34. The summed E-state index contributed by atoms with van der Waals surface area (Å²) < 4.78 is 5.56. The molecule has 0 aromatic carbocycles. The number of carboxylic acid groups (broad SMARTS) is 1. The van der Waals surface area contributed by atoms with Gasteiger partial charge in [0.25, 0.3) is 0 Å². The summed E-state index contributed by atoms with van der Waals surface area (Å²) in [5.74, 6) is -0.652. The Labute approximate surface area is 124 Å². The Bertz CT molecular complexity index is 422. The lowest BCUT2D eigenvalue weighted by atomic mass is 9.84. The van der Waals surface area contributed by atoms with Crippen LogP contribution in [0.1, 0.15) is 39.0 Å². The van der Waals surface area contributed by atoms with E-state index in [1.165, 1.54) is 0 Å². The van der Waals surface area contributed by atoms with E-state index in [-0.39, 0.29) is 30.1 Å². The molecule has 6 nitrogen and oxygen atoms in total. The van der Waals surface area contributed by atoms with E-state index in [0.717, 1.165) is 38.7 Å². The summed E-state index contributed by atoms with van der Waals surface area (Å²) in [6, 6.07) is -0.533. The topological polar surface area (TPSA) is 87.7 Å². The number of ether oxygens (including phenoxy) is 1. The van der Waals surface area contributed by atoms with Crippen LogP contribution in [0.4, 0.5) is 4.79 Å². The van der Waals surface area contributed by atoms with Gasteiger partial charge in [0, 0.05) is 12.6 Å². The summed E-state index contributed by atoms with van der Waals surface area (Å²) in [6.45, 7) is 2.69. The molecule has 6 heteroatoms. The van der Waals surface area contributed by atoms with Crippen LogP contribution in [0.3, 0.4) is 0 Å². The Morgan fingerprint density at radius 1 is 1.24 bits per heavy atom. The predicted molar refractivity (Wildman–Crippen MR) is 75.8 cm³/mol. The number of carbonyl (C=O) groups excluding carboxylic acids is 1. The molecular formula is C15H24N2O4. The smallest absolute Gasteiger partial charge is 0.315 e. The largest absolute Gasteiger partial charge is 0.481 e. The molecule has 2 amide bonds. The quantitative estimate of drug-likeness (QED) is 0.731. The summed E-state index contributed by atoms with van der Waals surface area (Å²) in [5.41, 5.74) is 0. The summed E-state index contributed by atoms with van der Waals surface area (Å²) in [5, 5.41) is 15.2. The Kier molecular flexibility index (Phi) is 4.06. The Hall–Kier alpha value is -1.30. The molecule has 1 saturated heterocycles. The number of carboxylic acids is 1. The number of hydrogen-bond donors (Lipinski definition) is 3. The van der Waals surface area contributed by atoms with E-state index in [1.54, 1.807) is 0 Å². The number of aliphatic carboxylic acids is 1.